The summed E-state index contributed by atoms with van der Waals surface area (Å²) in [4.78, 5) is 13.1. The molecule has 0 heterocycles. The van der Waals surface area contributed by atoms with Gasteiger partial charge in [0.1, 0.15) is 0 Å². The van der Waals surface area contributed by atoms with Gasteiger partial charge in [0.15, 0.2) is 0 Å². The molecule has 27 heavy (non-hydrogen) atoms. The quantitative estimate of drug-likeness (QED) is 0.425. The van der Waals surface area contributed by atoms with Crippen molar-refractivity contribution in [2.75, 3.05) is 0 Å². The van der Waals surface area contributed by atoms with Crippen LogP contribution in [-0.2, 0) is 4.79 Å². The van der Waals surface area contributed by atoms with E-state index in [4.69, 9.17) is 11.6 Å². The molecule has 0 bridgehead atoms. The van der Waals surface area contributed by atoms with Gasteiger partial charge >= 0.3 is 0 Å². The molecule has 1 atom stereocenters. The standard InChI is InChI=1S/C24H22ClNO/c1-17-12-14-19(15-13-17)18(2)26-24(27)22(20-8-4-3-5-9-20)16-21-10-6-7-11-23(21)25/h3-16,18H,1-2H3,(H,26,27)/b22-16+/t18-/m1/s1. The zero-order valence-electron chi connectivity index (χ0n) is 15.4. The van der Waals surface area contributed by atoms with Crippen molar-refractivity contribution in [3.05, 3.63) is 106 Å². The number of aryl methyl sites for hydroxylation is 1. The van der Waals surface area contributed by atoms with Crippen LogP contribution >= 0.6 is 11.6 Å². The van der Waals surface area contributed by atoms with Crippen LogP contribution in [0, 0.1) is 6.92 Å². The third kappa shape index (κ3) is 4.87. The Labute approximate surface area is 165 Å². The second-order valence-corrected chi connectivity index (χ2v) is 6.96. The molecule has 0 saturated heterocycles. The zero-order chi connectivity index (χ0) is 19.2. The summed E-state index contributed by atoms with van der Waals surface area (Å²) >= 11 is 6.30. The molecule has 0 aliphatic rings. The molecule has 0 fully saturated rings. The van der Waals surface area contributed by atoms with Crippen LogP contribution in [0.15, 0.2) is 78.9 Å². The van der Waals surface area contributed by atoms with Gasteiger partial charge in [-0.1, -0.05) is 90.0 Å². The Hall–Kier alpha value is -2.84. The maximum absolute atomic E-state index is 13.1. The van der Waals surface area contributed by atoms with E-state index in [0.717, 1.165) is 16.7 Å². The molecule has 3 aromatic carbocycles. The van der Waals surface area contributed by atoms with Crippen molar-refractivity contribution < 1.29 is 4.79 Å². The Morgan fingerprint density at radius 2 is 1.56 bits per heavy atom. The number of nitrogens with one attached hydrogen (secondary N) is 1. The number of carbonyl (C=O) groups excluding carboxylic acids is 1. The molecule has 0 aliphatic heterocycles. The van der Waals surface area contributed by atoms with Gasteiger partial charge in [-0.2, -0.15) is 0 Å². The first-order valence-electron chi connectivity index (χ1n) is 8.93. The summed E-state index contributed by atoms with van der Waals surface area (Å²) in [5.41, 5.74) is 4.52. The van der Waals surface area contributed by atoms with Crippen LogP contribution in [0.1, 0.15) is 35.2 Å². The Morgan fingerprint density at radius 3 is 2.22 bits per heavy atom. The molecule has 2 nitrogen and oxygen atoms in total. The van der Waals surface area contributed by atoms with Crippen molar-refractivity contribution in [1.29, 1.82) is 0 Å². The van der Waals surface area contributed by atoms with E-state index < -0.39 is 0 Å². The molecular weight excluding hydrogens is 354 g/mol. The summed E-state index contributed by atoms with van der Waals surface area (Å²) in [5.74, 6) is -0.130. The van der Waals surface area contributed by atoms with Gasteiger partial charge in [-0.25, -0.2) is 0 Å². The average molecular weight is 376 g/mol. The van der Waals surface area contributed by atoms with Crippen LogP contribution in [0.25, 0.3) is 11.6 Å². The van der Waals surface area contributed by atoms with Crippen LogP contribution in [0.2, 0.25) is 5.02 Å². The van der Waals surface area contributed by atoms with Gasteiger partial charge in [-0.3, -0.25) is 4.79 Å². The SMILES string of the molecule is Cc1ccc([C@@H](C)NC(=O)/C(=C/c2ccccc2Cl)c2ccccc2)cc1. The molecular formula is C24H22ClNO. The Kier molecular flexibility index (Phi) is 6.10. The molecule has 0 radical (unpaired) electrons. The molecule has 0 aromatic heterocycles. The van der Waals surface area contributed by atoms with Crippen LogP contribution in [0.5, 0.6) is 0 Å². The summed E-state index contributed by atoms with van der Waals surface area (Å²) in [6, 6.07) is 25.2. The van der Waals surface area contributed by atoms with Crippen LogP contribution in [-0.4, -0.2) is 5.91 Å². The third-order valence-electron chi connectivity index (χ3n) is 4.46. The Morgan fingerprint density at radius 1 is 0.926 bits per heavy atom. The first kappa shape index (κ1) is 18.9. The minimum Gasteiger partial charge on any atom is -0.345 e. The molecule has 0 saturated carbocycles. The summed E-state index contributed by atoms with van der Waals surface area (Å²) in [6.07, 6.45) is 1.84. The van der Waals surface area contributed by atoms with E-state index in [1.165, 1.54) is 5.56 Å². The molecule has 0 unspecified atom stereocenters. The second kappa shape index (κ2) is 8.70. The lowest BCUT2D eigenvalue weighted by molar-refractivity contribution is -0.116. The Bertz CT molecular complexity index is 946. The highest BCUT2D eigenvalue weighted by Gasteiger charge is 2.16. The van der Waals surface area contributed by atoms with Gasteiger partial charge in [0.05, 0.1) is 6.04 Å². The average Bonchev–Trinajstić information content (AvgIpc) is 2.68. The predicted molar refractivity (Wildman–Crippen MR) is 114 cm³/mol. The van der Waals surface area contributed by atoms with E-state index in [9.17, 15) is 4.79 Å². The minimum absolute atomic E-state index is 0.101. The van der Waals surface area contributed by atoms with Crippen molar-refractivity contribution in [2.24, 2.45) is 0 Å². The lowest BCUT2D eigenvalue weighted by Crippen LogP contribution is -2.27. The van der Waals surface area contributed by atoms with Crippen LogP contribution in [0.3, 0.4) is 0 Å². The fourth-order valence-electron chi connectivity index (χ4n) is 2.86. The maximum Gasteiger partial charge on any atom is 0.252 e. The first-order valence-corrected chi connectivity index (χ1v) is 9.31. The number of rotatable bonds is 5. The highest BCUT2D eigenvalue weighted by atomic mass is 35.5. The van der Waals surface area contributed by atoms with Crippen molar-refractivity contribution in [1.82, 2.24) is 5.32 Å². The van der Waals surface area contributed by atoms with Gasteiger partial charge in [-0.15, -0.1) is 0 Å². The molecule has 3 rings (SSSR count). The van der Waals surface area contributed by atoms with Gasteiger partial charge in [0.2, 0.25) is 0 Å². The van der Waals surface area contributed by atoms with E-state index in [0.29, 0.717) is 10.6 Å². The molecule has 0 spiro atoms. The number of benzene rings is 3. The lowest BCUT2D eigenvalue weighted by atomic mass is 10.0. The summed E-state index contributed by atoms with van der Waals surface area (Å²) in [5, 5.41) is 3.72. The largest absolute Gasteiger partial charge is 0.345 e. The van der Waals surface area contributed by atoms with Gasteiger partial charge in [0, 0.05) is 10.6 Å². The first-order chi connectivity index (χ1) is 13.0. The van der Waals surface area contributed by atoms with E-state index >= 15 is 0 Å². The number of hydrogen-bond donors (Lipinski definition) is 1. The Balaban J connectivity index is 1.92. The predicted octanol–water partition coefficient (Wildman–Crippen LogP) is 6.07. The number of halogens is 1. The minimum atomic E-state index is -0.130. The number of amides is 1. The highest BCUT2D eigenvalue weighted by molar-refractivity contribution is 6.33. The van der Waals surface area contributed by atoms with Gasteiger partial charge in [-0.05, 0) is 42.7 Å². The van der Waals surface area contributed by atoms with Crippen molar-refractivity contribution in [2.45, 2.75) is 19.9 Å². The van der Waals surface area contributed by atoms with Crippen molar-refractivity contribution >= 4 is 29.2 Å². The van der Waals surface area contributed by atoms with E-state index in [1.807, 2.05) is 86.7 Å². The van der Waals surface area contributed by atoms with E-state index in [2.05, 4.69) is 17.4 Å². The van der Waals surface area contributed by atoms with Crippen LogP contribution < -0.4 is 5.32 Å². The number of hydrogen-bond acceptors (Lipinski definition) is 1. The molecule has 1 N–H and O–H groups in total. The van der Waals surface area contributed by atoms with Gasteiger partial charge in [0.25, 0.3) is 5.91 Å². The van der Waals surface area contributed by atoms with E-state index in [1.54, 1.807) is 0 Å². The fourth-order valence-corrected chi connectivity index (χ4v) is 3.05. The summed E-state index contributed by atoms with van der Waals surface area (Å²) in [7, 11) is 0. The normalized spacial score (nSPS) is 12.5. The topological polar surface area (TPSA) is 29.1 Å². The van der Waals surface area contributed by atoms with Crippen molar-refractivity contribution in [3.8, 4) is 0 Å². The molecule has 136 valence electrons. The summed E-state index contributed by atoms with van der Waals surface area (Å²) in [6.45, 7) is 4.04. The smallest absolute Gasteiger partial charge is 0.252 e. The zero-order valence-corrected chi connectivity index (χ0v) is 16.2. The van der Waals surface area contributed by atoms with Crippen molar-refractivity contribution in [3.63, 3.8) is 0 Å². The third-order valence-corrected chi connectivity index (χ3v) is 4.80. The number of carbonyl (C=O) groups is 1. The summed E-state index contributed by atoms with van der Waals surface area (Å²) < 4.78 is 0. The van der Waals surface area contributed by atoms with E-state index in [-0.39, 0.29) is 11.9 Å². The lowest BCUT2D eigenvalue weighted by Gasteiger charge is -2.17. The molecule has 3 heteroatoms. The molecule has 1 amide bonds. The molecule has 0 aliphatic carbocycles. The highest BCUT2D eigenvalue weighted by Crippen LogP contribution is 2.24. The molecule has 3 aromatic rings. The second-order valence-electron chi connectivity index (χ2n) is 6.55. The monoisotopic (exact) mass is 375 g/mol. The van der Waals surface area contributed by atoms with Crippen LogP contribution in [0.4, 0.5) is 0 Å². The van der Waals surface area contributed by atoms with Gasteiger partial charge < -0.3 is 5.32 Å². The fraction of sp³-hybridized carbons (Fsp3) is 0.125. The maximum atomic E-state index is 13.1.